The van der Waals surface area contributed by atoms with Gasteiger partial charge in [-0.15, -0.1) is 0 Å². The first kappa shape index (κ1) is 29.1. The molecule has 2 heterocycles. The second kappa shape index (κ2) is 12.3. The minimum atomic E-state index is -0.368. The average molecular weight is 653 g/mol. The van der Waals surface area contributed by atoms with Gasteiger partial charge in [-0.2, -0.15) is 9.78 Å². The van der Waals surface area contributed by atoms with Crippen molar-refractivity contribution in [1.29, 1.82) is 0 Å². The summed E-state index contributed by atoms with van der Waals surface area (Å²) in [5.74, 6) is 1.36. The summed E-state index contributed by atoms with van der Waals surface area (Å²) >= 11 is 25.0. The molecule has 0 saturated carbocycles. The Morgan fingerprint density at radius 3 is 2.56 bits per heavy atom. The molecule has 7 nitrogen and oxygen atoms in total. The number of furan rings is 1. The van der Waals surface area contributed by atoms with Crippen molar-refractivity contribution in [1.82, 2.24) is 9.66 Å². The Morgan fingerprint density at radius 1 is 0.907 bits per heavy atom. The number of para-hydroxylation sites is 1. The molecule has 0 radical (unpaired) electrons. The van der Waals surface area contributed by atoms with E-state index < -0.39 is 0 Å². The van der Waals surface area contributed by atoms with Crippen LogP contribution in [-0.4, -0.2) is 22.5 Å². The van der Waals surface area contributed by atoms with E-state index in [1.807, 2.05) is 19.1 Å². The molecule has 0 unspecified atom stereocenters. The summed E-state index contributed by atoms with van der Waals surface area (Å²) < 4.78 is 19.1. The van der Waals surface area contributed by atoms with Crippen LogP contribution in [0.3, 0.4) is 0 Å². The Balaban J connectivity index is 1.39. The molecule has 43 heavy (non-hydrogen) atoms. The van der Waals surface area contributed by atoms with Crippen molar-refractivity contribution in [3.05, 3.63) is 120 Å². The molecule has 0 amide bonds. The minimum Gasteiger partial charge on any atom is -0.490 e. The van der Waals surface area contributed by atoms with Crippen LogP contribution >= 0.6 is 46.4 Å². The Bertz CT molecular complexity index is 2090. The van der Waals surface area contributed by atoms with Crippen LogP contribution in [0.25, 0.3) is 33.5 Å². The SMILES string of the molecule is CCOc1cc(C=Nn2c(-c3cc4cc(Cl)ccc4o3)nc3ccccc3c2=O)cc(Cl)c1OCc1ccc(Cl)c(Cl)c1. The van der Waals surface area contributed by atoms with Crippen LogP contribution in [0, 0.1) is 0 Å². The first-order valence-corrected chi connectivity index (χ1v) is 14.6. The Morgan fingerprint density at radius 2 is 1.74 bits per heavy atom. The molecule has 6 aromatic rings. The van der Waals surface area contributed by atoms with Crippen molar-refractivity contribution >= 4 is 74.5 Å². The van der Waals surface area contributed by atoms with Gasteiger partial charge in [0.15, 0.2) is 17.3 Å². The number of hydrogen-bond acceptors (Lipinski definition) is 6. The first-order valence-electron chi connectivity index (χ1n) is 13.1. The third-order valence-electron chi connectivity index (χ3n) is 6.47. The summed E-state index contributed by atoms with van der Waals surface area (Å²) in [4.78, 5) is 18.3. The van der Waals surface area contributed by atoms with Crippen molar-refractivity contribution in [2.45, 2.75) is 13.5 Å². The van der Waals surface area contributed by atoms with Crippen LogP contribution in [0.2, 0.25) is 20.1 Å². The second-order valence-electron chi connectivity index (χ2n) is 9.41. The fraction of sp³-hybridized carbons (Fsp3) is 0.0938. The molecule has 0 atom stereocenters. The lowest BCUT2D eigenvalue weighted by atomic mass is 10.2. The van der Waals surface area contributed by atoms with Gasteiger partial charge < -0.3 is 13.9 Å². The summed E-state index contributed by atoms with van der Waals surface area (Å²) in [6.45, 7) is 2.41. The zero-order chi connectivity index (χ0) is 30.1. The lowest BCUT2D eigenvalue weighted by molar-refractivity contribution is 0.269. The van der Waals surface area contributed by atoms with E-state index in [9.17, 15) is 4.79 Å². The third kappa shape index (κ3) is 6.08. The highest BCUT2D eigenvalue weighted by atomic mass is 35.5. The van der Waals surface area contributed by atoms with Crippen molar-refractivity contribution in [3.8, 4) is 23.1 Å². The Kier molecular flexibility index (Phi) is 8.32. The van der Waals surface area contributed by atoms with Gasteiger partial charge in [0.2, 0.25) is 5.82 Å². The standard InChI is InChI=1S/C32H21Cl4N3O4/c1-2-41-28-13-19(12-25(36)30(28)42-17-18-7-9-23(34)24(35)11-18)16-37-39-31(38-26-6-4-3-5-22(26)32(39)40)29-15-20-14-21(33)8-10-27(20)43-29/h3-16H,2,17H2,1H3. The highest BCUT2D eigenvalue weighted by Crippen LogP contribution is 2.37. The Hall–Kier alpha value is -4.01. The van der Waals surface area contributed by atoms with Crippen molar-refractivity contribution < 1.29 is 13.9 Å². The summed E-state index contributed by atoms with van der Waals surface area (Å²) in [7, 11) is 0. The van der Waals surface area contributed by atoms with Crippen LogP contribution in [0.1, 0.15) is 18.1 Å². The second-order valence-corrected chi connectivity index (χ2v) is 11.1. The molecule has 0 fully saturated rings. The van der Waals surface area contributed by atoms with Gasteiger partial charge in [0, 0.05) is 10.4 Å². The maximum absolute atomic E-state index is 13.6. The highest BCUT2D eigenvalue weighted by Gasteiger charge is 2.18. The molecule has 0 spiro atoms. The van der Waals surface area contributed by atoms with Crippen LogP contribution in [0.4, 0.5) is 0 Å². The van der Waals surface area contributed by atoms with Crippen LogP contribution in [0.15, 0.2) is 93.2 Å². The molecular formula is C32H21Cl4N3O4. The maximum Gasteiger partial charge on any atom is 0.282 e. The largest absolute Gasteiger partial charge is 0.490 e. The third-order valence-corrected chi connectivity index (χ3v) is 7.73. The van der Waals surface area contributed by atoms with Crippen LogP contribution in [0.5, 0.6) is 11.5 Å². The van der Waals surface area contributed by atoms with Gasteiger partial charge in [0.25, 0.3) is 5.56 Å². The number of nitrogens with zero attached hydrogens (tertiary/aromatic N) is 3. The van der Waals surface area contributed by atoms with Crippen molar-refractivity contribution in [2.24, 2.45) is 5.10 Å². The summed E-state index contributed by atoms with van der Waals surface area (Å²) in [6.07, 6.45) is 1.50. The van der Waals surface area contributed by atoms with Gasteiger partial charge in [-0.1, -0.05) is 64.6 Å². The monoisotopic (exact) mass is 651 g/mol. The molecule has 11 heteroatoms. The topological polar surface area (TPSA) is 78.9 Å². The van der Waals surface area contributed by atoms with Crippen molar-refractivity contribution in [3.63, 3.8) is 0 Å². The molecule has 6 rings (SSSR count). The molecule has 0 bridgehead atoms. The molecule has 4 aromatic carbocycles. The van der Waals surface area contributed by atoms with Gasteiger partial charge in [-0.25, -0.2) is 4.98 Å². The van der Waals surface area contributed by atoms with E-state index in [1.54, 1.807) is 66.7 Å². The zero-order valence-corrected chi connectivity index (χ0v) is 25.5. The van der Waals surface area contributed by atoms with Crippen LogP contribution in [-0.2, 0) is 6.61 Å². The van der Waals surface area contributed by atoms with Gasteiger partial charge in [-0.3, -0.25) is 4.79 Å². The summed E-state index contributed by atoms with van der Waals surface area (Å²) in [5, 5.41) is 7.44. The van der Waals surface area contributed by atoms with Gasteiger partial charge in [0.1, 0.15) is 12.2 Å². The predicted molar refractivity (Wildman–Crippen MR) is 173 cm³/mol. The highest BCUT2D eigenvalue weighted by molar-refractivity contribution is 6.42. The lowest BCUT2D eigenvalue weighted by Gasteiger charge is -2.15. The first-order chi connectivity index (χ1) is 20.8. The van der Waals surface area contributed by atoms with E-state index in [0.717, 1.165) is 10.9 Å². The number of aromatic nitrogens is 2. The zero-order valence-electron chi connectivity index (χ0n) is 22.5. The van der Waals surface area contributed by atoms with Gasteiger partial charge in [-0.05, 0) is 78.7 Å². The van der Waals surface area contributed by atoms with E-state index in [1.165, 1.54) is 10.9 Å². The van der Waals surface area contributed by atoms with Gasteiger partial charge in [0.05, 0.1) is 38.8 Å². The maximum atomic E-state index is 13.6. The molecule has 0 N–H and O–H groups in total. The molecule has 2 aromatic heterocycles. The number of hydrogen-bond donors (Lipinski definition) is 0. The molecule has 0 aliphatic carbocycles. The fourth-order valence-corrected chi connectivity index (χ4v) is 5.26. The fourth-order valence-electron chi connectivity index (χ4n) is 4.49. The number of ether oxygens (including phenoxy) is 2. The quantitative estimate of drug-likeness (QED) is 0.153. The summed E-state index contributed by atoms with van der Waals surface area (Å²) in [6, 6.07) is 22.7. The molecule has 0 aliphatic rings. The smallest absolute Gasteiger partial charge is 0.282 e. The molecular weight excluding hydrogens is 632 g/mol. The van der Waals surface area contributed by atoms with Crippen LogP contribution < -0.4 is 15.0 Å². The number of rotatable bonds is 8. The number of benzene rings is 4. The normalized spacial score (nSPS) is 11.6. The summed E-state index contributed by atoms with van der Waals surface area (Å²) in [5.41, 5.74) is 2.12. The van der Waals surface area contributed by atoms with E-state index in [4.69, 9.17) is 65.3 Å². The van der Waals surface area contributed by atoms with E-state index in [-0.39, 0.29) is 18.0 Å². The Labute approximate surface area is 265 Å². The van der Waals surface area contributed by atoms with Crippen molar-refractivity contribution in [2.75, 3.05) is 6.61 Å². The average Bonchev–Trinajstić information content (AvgIpc) is 3.41. The molecule has 216 valence electrons. The molecule has 0 aliphatic heterocycles. The van der Waals surface area contributed by atoms with E-state index in [2.05, 4.69) is 5.10 Å². The van der Waals surface area contributed by atoms with E-state index in [0.29, 0.717) is 66.0 Å². The number of fused-ring (bicyclic) bond motifs is 2. The van der Waals surface area contributed by atoms with Gasteiger partial charge >= 0.3 is 0 Å². The predicted octanol–water partition coefficient (Wildman–Crippen LogP) is 9.28. The lowest BCUT2D eigenvalue weighted by Crippen LogP contribution is -2.20. The molecule has 0 saturated heterocycles. The minimum absolute atomic E-state index is 0.189. The van der Waals surface area contributed by atoms with E-state index >= 15 is 0 Å². The number of halogens is 4.